The van der Waals surface area contributed by atoms with Crippen molar-refractivity contribution in [3.8, 4) is 11.4 Å². The maximum Gasteiger partial charge on any atom is 0.340 e. The Morgan fingerprint density at radius 1 is 1.21 bits per heavy atom. The lowest BCUT2D eigenvalue weighted by Crippen LogP contribution is -2.07. The van der Waals surface area contributed by atoms with E-state index in [0.29, 0.717) is 17.6 Å². The van der Waals surface area contributed by atoms with Crippen molar-refractivity contribution in [3.63, 3.8) is 0 Å². The van der Waals surface area contributed by atoms with Crippen LogP contribution in [0.1, 0.15) is 28.5 Å². The van der Waals surface area contributed by atoms with Crippen LogP contribution in [0.2, 0.25) is 0 Å². The van der Waals surface area contributed by atoms with Crippen LogP contribution in [0.25, 0.3) is 16.6 Å². The number of rotatable bonds is 3. The Kier molecular flexibility index (Phi) is 4.54. The second kappa shape index (κ2) is 6.47. The van der Waals surface area contributed by atoms with Crippen molar-refractivity contribution < 1.29 is 14.6 Å². The number of esters is 1. The number of hydrogen-bond acceptors (Lipinski definition) is 3. The van der Waals surface area contributed by atoms with Gasteiger partial charge in [-0.05, 0) is 85.3 Å². The van der Waals surface area contributed by atoms with Crippen LogP contribution in [-0.2, 0) is 4.74 Å². The summed E-state index contributed by atoms with van der Waals surface area (Å²) in [5.74, 6) is -0.239. The number of fused-ring (bicyclic) bond motifs is 1. The highest BCUT2D eigenvalue weighted by molar-refractivity contribution is 14.1. The van der Waals surface area contributed by atoms with Crippen molar-refractivity contribution in [2.24, 2.45) is 0 Å². The molecule has 2 aromatic carbocycles. The molecule has 0 saturated heterocycles. The Morgan fingerprint density at radius 3 is 2.62 bits per heavy atom. The van der Waals surface area contributed by atoms with Gasteiger partial charge in [-0.1, -0.05) is 0 Å². The number of carbonyl (C=O) groups is 1. The van der Waals surface area contributed by atoms with Crippen LogP contribution < -0.4 is 0 Å². The van der Waals surface area contributed by atoms with Gasteiger partial charge in [0.2, 0.25) is 0 Å². The van der Waals surface area contributed by atoms with E-state index in [-0.39, 0.29) is 11.7 Å². The van der Waals surface area contributed by atoms with Crippen molar-refractivity contribution in [2.75, 3.05) is 6.61 Å². The van der Waals surface area contributed by atoms with E-state index in [1.54, 1.807) is 19.1 Å². The fraction of sp³-hybridized carbons (Fsp3) is 0.211. The molecule has 1 N–H and O–H groups in total. The van der Waals surface area contributed by atoms with Crippen LogP contribution in [-0.4, -0.2) is 22.2 Å². The standard InChI is InChI=1S/C19H18INO3/c1-4-24-19(23)18-12(3)21(16-7-5-13(20)9-11(16)2)17-8-6-14(22)10-15(17)18/h5-10,22H,4H2,1-3H3. The first-order valence-electron chi connectivity index (χ1n) is 7.71. The van der Waals surface area contributed by atoms with Crippen LogP contribution in [0.3, 0.4) is 0 Å². The summed E-state index contributed by atoms with van der Waals surface area (Å²) in [5, 5.41) is 10.6. The van der Waals surface area contributed by atoms with Crippen LogP contribution in [0.15, 0.2) is 36.4 Å². The number of benzene rings is 2. The van der Waals surface area contributed by atoms with Crippen molar-refractivity contribution >= 4 is 39.5 Å². The highest BCUT2D eigenvalue weighted by Crippen LogP contribution is 2.33. The molecule has 4 nitrogen and oxygen atoms in total. The van der Waals surface area contributed by atoms with Gasteiger partial charge in [-0.2, -0.15) is 0 Å². The zero-order chi connectivity index (χ0) is 17.4. The number of halogens is 1. The highest BCUT2D eigenvalue weighted by Gasteiger charge is 2.22. The third-order valence-electron chi connectivity index (χ3n) is 4.07. The molecule has 0 radical (unpaired) electrons. The summed E-state index contributed by atoms with van der Waals surface area (Å²) in [6.07, 6.45) is 0. The summed E-state index contributed by atoms with van der Waals surface area (Å²) in [6.45, 7) is 6.05. The van der Waals surface area contributed by atoms with Crippen molar-refractivity contribution in [2.45, 2.75) is 20.8 Å². The van der Waals surface area contributed by atoms with E-state index in [4.69, 9.17) is 4.74 Å². The molecule has 0 aliphatic rings. The molecule has 0 atom stereocenters. The average Bonchev–Trinajstić information content (AvgIpc) is 2.79. The quantitative estimate of drug-likeness (QED) is 0.478. The maximum atomic E-state index is 12.5. The number of phenols is 1. The van der Waals surface area contributed by atoms with Gasteiger partial charge in [0, 0.05) is 20.3 Å². The summed E-state index contributed by atoms with van der Waals surface area (Å²) in [4.78, 5) is 12.5. The number of ether oxygens (including phenoxy) is 1. The first-order chi connectivity index (χ1) is 11.4. The molecule has 3 aromatic rings. The second-order valence-electron chi connectivity index (χ2n) is 5.65. The predicted octanol–water partition coefficient (Wildman–Crippen LogP) is 4.73. The van der Waals surface area contributed by atoms with E-state index in [1.807, 2.05) is 36.6 Å². The average molecular weight is 435 g/mol. The lowest BCUT2D eigenvalue weighted by Gasteiger charge is -2.12. The van der Waals surface area contributed by atoms with E-state index in [2.05, 4.69) is 28.7 Å². The summed E-state index contributed by atoms with van der Waals surface area (Å²) in [5.41, 5.74) is 4.31. The lowest BCUT2D eigenvalue weighted by atomic mass is 10.1. The molecule has 0 fully saturated rings. The van der Waals surface area contributed by atoms with E-state index in [1.165, 1.54) is 0 Å². The molecular formula is C19H18INO3. The van der Waals surface area contributed by atoms with E-state index in [0.717, 1.165) is 26.0 Å². The van der Waals surface area contributed by atoms with Crippen LogP contribution in [0, 0.1) is 17.4 Å². The molecular weight excluding hydrogens is 417 g/mol. The Morgan fingerprint density at radius 2 is 1.96 bits per heavy atom. The van der Waals surface area contributed by atoms with Gasteiger partial charge in [-0.3, -0.25) is 0 Å². The van der Waals surface area contributed by atoms with E-state index >= 15 is 0 Å². The van der Waals surface area contributed by atoms with Gasteiger partial charge in [-0.15, -0.1) is 0 Å². The molecule has 1 heterocycles. The zero-order valence-electron chi connectivity index (χ0n) is 13.8. The summed E-state index contributed by atoms with van der Waals surface area (Å²) in [7, 11) is 0. The molecule has 0 amide bonds. The molecule has 0 spiro atoms. The topological polar surface area (TPSA) is 51.5 Å². The van der Waals surface area contributed by atoms with Gasteiger partial charge >= 0.3 is 5.97 Å². The van der Waals surface area contributed by atoms with Crippen molar-refractivity contribution in [3.05, 3.63) is 56.8 Å². The molecule has 0 unspecified atom stereocenters. The predicted molar refractivity (Wildman–Crippen MR) is 103 cm³/mol. The Hall–Kier alpha value is -2.02. The first kappa shape index (κ1) is 16.8. The molecule has 0 aliphatic heterocycles. The Balaban J connectivity index is 2.36. The molecule has 3 rings (SSSR count). The van der Waals surface area contributed by atoms with Gasteiger partial charge in [-0.25, -0.2) is 4.79 Å². The minimum atomic E-state index is -0.368. The lowest BCUT2D eigenvalue weighted by molar-refractivity contribution is 0.0527. The third kappa shape index (κ3) is 2.77. The van der Waals surface area contributed by atoms with Gasteiger partial charge < -0.3 is 14.4 Å². The van der Waals surface area contributed by atoms with Gasteiger partial charge in [0.15, 0.2) is 0 Å². The van der Waals surface area contributed by atoms with Gasteiger partial charge in [0.25, 0.3) is 0 Å². The van der Waals surface area contributed by atoms with Crippen LogP contribution >= 0.6 is 22.6 Å². The monoisotopic (exact) mass is 435 g/mol. The molecule has 0 aliphatic carbocycles. The van der Waals surface area contributed by atoms with E-state index in [9.17, 15) is 9.90 Å². The minimum Gasteiger partial charge on any atom is -0.508 e. The smallest absolute Gasteiger partial charge is 0.340 e. The number of aromatic nitrogens is 1. The van der Waals surface area contributed by atoms with Gasteiger partial charge in [0.05, 0.1) is 17.7 Å². The maximum absolute atomic E-state index is 12.5. The molecule has 0 bridgehead atoms. The van der Waals surface area contributed by atoms with Crippen LogP contribution in [0.4, 0.5) is 0 Å². The van der Waals surface area contributed by atoms with Crippen molar-refractivity contribution in [1.29, 1.82) is 0 Å². The zero-order valence-corrected chi connectivity index (χ0v) is 15.9. The number of nitrogens with zero attached hydrogens (tertiary/aromatic N) is 1. The molecule has 1 aromatic heterocycles. The number of carbonyl (C=O) groups excluding carboxylic acids is 1. The summed E-state index contributed by atoms with van der Waals surface area (Å²) >= 11 is 2.28. The molecule has 24 heavy (non-hydrogen) atoms. The molecule has 124 valence electrons. The minimum absolute atomic E-state index is 0.129. The number of hydrogen-bond donors (Lipinski definition) is 1. The second-order valence-corrected chi connectivity index (χ2v) is 6.89. The number of aromatic hydroxyl groups is 1. The van der Waals surface area contributed by atoms with Crippen molar-refractivity contribution in [1.82, 2.24) is 4.57 Å². The summed E-state index contributed by atoms with van der Waals surface area (Å²) in [6, 6.07) is 11.3. The van der Waals surface area contributed by atoms with E-state index < -0.39 is 0 Å². The Bertz CT molecular complexity index is 943. The molecule has 5 heteroatoms. The number of phenolic OH excluding ortho intramolecular Hbond substituents is 1. The first-order valence-corrected chi connectivity index (χ1v) is 8.79. The normalized spacial score (nSPS) is 11.0. The SMILES string of the molecule is CCOC(=O)c1c(C)n(-c2ccc(I)cc2C)c2ccc(O)cc12. The van der Waals surface area contributed by atoms with Gasteiger partial charge in [0.1, 0.15) is 5.75 Å². The largest absolute Gasteiger partial charge is 0.508 e. The molecule has 0 saturated carbocycles. The Labute approximate surface area is 154 Å². The fourth-order valence-electron chi connectivity index (χ4n) is 3.05. The highest BCUT2D eigenvalue weighted by atomic mass is 127. The third-order valence-corrected chi connectivity index (χ3v) is 4.74. The van der Waals surface area contributed by atoms with Crippen LogP contribution in [0.5, 0.6) is 5.75 Å². The number of aryl methyl sites for hydroxylation is 1. The fourth-order valence-corrected chi connectivity index (χ4v) is 3.69. The summed E-state index contributed by atoms with van der Waals surface area (Å²) < 4.78 is 8.43.